The SMILES string of the molecule is C#C[C@@H]1C=CC[C@H]1C(=O)[C@@H]1C[C@@H]1CC. The molecule has 0 amide bonds. The summed E-state index contributed by atoms with van der Waals surface area (Å²) in [7, 11) is 0. The molecule has 1 nitrogen and oxygen atoms in total. The molecule has 0 saturated heterocycles. The maximum absolute atomic E-state index is 12.0. The number of terminal acetylenes is 1. The van der Waals surface area contributed by atoms with Crippen molar-refractivity contribution in [2.24, 2.45) is 23.7 Å². The standard InChI is InChI=1S/C13H16O/c1-3-9-6-5-7-11(9)13(14)12-8-10(12)4-2/h1,5-6,9-12H,4,7-8H2,2H3/t9-,10+,11-,12-/m1/s1. The molecule has 0 unspecified atom stereocenters. The third kappa shape index (κ3) is 1.50. The number of hydrogen-bond donors (Lipinski definition) is 0. The zero-order valence-corrected chi connectivity index (χ0v) is 8.57. The summed E-state index contributed by atoms with van der Waals surface area (Å²) in [6, 6.07) is 0. The van der Waals surface area contributed by atoms with Crippen LogP contribution in [0.3, 0.4) is 0 Å². The minimum atomic E-state index is 0.0700. The van der Waals surface area contributed by atoms with Crippen LogP contribution >= 0.6 is 0 Å². The second-order valence-electron chi connectivity index (χ2n) is 4.38. The van der Waals surface area contributed by atoms with E-state index in [4.69, 9.17) is 6.42 Å². The Bertz CT molecular complexity index is 308. The minimum absolute atomic E-state index is 0.0700. The van der Waals surface area contributed by atoms with E-state index in [0.717, 1.165) is 19.3 Å². The summed E-state index contributed by atoms with van der Waals surface area (Å²) in [5.74, 6) is 4.28. The molecule has 14 heavy (non-hydrogen) atoms. The molecule has 2 aliphatic rings. The van der Waals surface area contributed by atoms with Crippen molar-refractivity contribution >= 4 is 5.78 Å². The molecule has 2 rings (SSSR count). The first-order valence-corrected chi connectivity index (χ1v) is 5.44. The van der Waals surface area contributed by atoms with Gasteiger partial charge in [-0.2, -0.15) is 0 Å². The summed E-state index contributed by atoms with van der Waals surface area (Å²) in [6.45, 7) is 2.16. The normalized spacial score (nSPS) is 39.4. The first-order chi connectivity index (χ1) is 6.77. The van der Waals surface area contributed by atoms with Gasteiger partial charge >= 0.3 is 0 Å². The number of carbonyl (C=O) groups is 1. The Morgan fingerprint density at radius 3 is 2.93 bits per heavy atom. The van der Waals surface area contributed by atoms with Gasteiger partial charge < -0.3 is 0 Å². The van der Waals surface area contributed by atoms with Gasteiger partial charge in [0.05, 0.1) is 0 Å². The summed E-state index contributed by atoms with van der Waals surface area (Å²) in [5.41, 5.74) is 0. The number of allylic oxidation sites excluding steroid dienone is 2. The third-order valence-electron chi connectivity index (χ3n) is 3.54. The van der Waals surface area contributed by atoms with Crippen LogP contribution in [0, 0.1) is 36.0 Å². The van der Waals surface area contributed by atoms with E-state index < -0.39 is 0 Å². The van der Waals surface area contributed by atoms with Crippen molar-refractivity contribution in [3.8, 4) is 12.3 Å². The van der Waals surface area contributed by atoms with Crippen LogP contribution in [0.4, 0.5) is 0 Å². The zero-order valence-electron chi connectivity index (χ0n) is 8.57. The summed E-state index contributed by atoms with van der Waals surface area (Å²) in [6.07, 6.45) is 12.6. The molecule has 1 saturated carbocycles. The van der Waals surface area contributed by atoms with Crippen molar-refractivity contribution in [1.29, 1.82) is 0 Å². The number of ketones is 1. The molecule has 0 spiro atoms. The average Bonchev–Trinajstić information content (AvgIpc) is 2.85. The fourth-order valence-corrected chi connectivity index (χ4v) is 2.44. The number of rotatable bonds is 3. The summed E-state index contributed by atoms with van der Waals surface area (Å²) < 4.78 is 0. The van der Waals surface area contributed by atoms with Gasteiger partial charge in [-0.25, -0.2) is 0 Å². The van der Waals surface area contributed by atoms with Crippen LogP contribution in [0.15, 0.2) is 12.2 Å². The van der Waals surface area contributed by atoms with Gasteiger partial charge in [0, 0.05) is 17.8 Å². The summed E-state index contributed by atoms with van der Waals surface area (Å²) >= 11 is 0. The second-order valence-corrected chi connectivity index (χ2v) is 4.38. The highest BCUT2D eigenvalue weighted by Crippen LogP contribution is 2.45. The van der Waals surface area contributed by atoms with Crippen molar-refractivity contribution in [1.82, 2.24) is 0 Å². The van der Waals surface area contributed by atoms with E-state index in [1.165, 1.54) is 0 Å². The van der Waals surface area contributed by atoms with Gasteiger partial charge in [0.25, 0.3) is 0 Å². The molecule has 0 aliphatic heterocycles. The predicted molar refractivity (Wildman–Crippen MR) is 56.5 cm³/mol. The molecule has 74 valence electrons. The lowest BCUT2D eigenvalue weighted by atomic mass is 9.89. The van der Waals surface area contributed by atoms with E-state index in [1.807, 2.05) is 6.08 Å². The molecule has 0 aromatic heterocycles. The van der Waals surface area contributed by atoms with Gasteiger partial charge in [0.15, 0.2) is 0 Å². The van der Waals surface area contributed by atoms with Crippen LogP contribution in [0.25, 0.3) is 0 Å². The zero-order chi connectivity index (χ0) is 10.1. The maximum atomic E-state index is 12.0. The van der Waals surface area contributed by atoms with Crippen molar-refractivity contribution in [3.63, 3.8) is 0 Å². The molecule has 0 aromatic carbocycles. The average molecular weight is 188 g/mol. The van der Waals surface area contributed by atoms with Crippen LogP contribution in [0.1, 0.15) is 26.2 Å². The fraction of sp³-hybridized carbons (Fsp3) is 0.615. The van der Waals surface area contributed by atoms with Gasteiger partial charge in [-0.3, -0.25) is 4.79 Å². The highest BCUT2D eigenvalue weighted by atomic mass is 16.1. The van der Waals surface area contributed by atoms with E-state index in [9.17, 15) is 4.79 Å². The monoisotopic (exact) mass is 188 g/mol. The molecule has 4 atom stereocenters. The first kappa shape index (κ1) is 9.52. The molecule has 0 bridgehead atoms. The van der Waals surface area contributed by atoms with Crippen molar-refractivity contribution < 1.29 is 4.79 Å². The van der Waals surface area contributed by atoms with Gasteiger partial charge in [0.1, 0.15) is 5.78 Å². The van der Waals surface area contributed by atoms with Crippen LogP contribution < -0.4 is 0 Å². The first-order valence-electron chi connectivity index (χ1n) is 5.44. The van der Waals surface area contributed by atoms with Gasteiger partial charge in [-0.1, -0.05) is 31.4 Å². The molecular formula is C13H16O. The maximum Gasteiger partial charge on any atom is 0.141 e. The van der Waals surface area contributed by atoms with Crippen molar-refractivity contribution in [2.75, 3.05) is 0 Å². The van der Waals surface area contributed by atoms with Crippen LogP contribution in [-0.4, -0.2) is 5.78 Å². The second kappa shape index (κ2) is 3.61. The summed E-state index contributed by atoms with van der Waals surface area (Å²) in [4.78, 5) is 12.0. The van der Waals surface area contributed by atoms with E-state index in [2.05, 4.69) is 18.9 Å². The Morgan fingerprint density at radius 2 is 2.36 bits per heavy atom. The highest BCUT2D eigenvalue weighted by molar-refractivity contribution is 5.87. The highest BCUT2D eigenvalue weighted by Gasteiger charge is 2.45. The molecule has 0 heterocycles. The van der Waals surface area contributed by atoms with Crippen LogP contribution in [-0.2, 0) is 4.79 Å². The van der Waals surface area contributed by atoms with E-state index in [-0.39, 0.29) is 11.8 Å². The predicted octanol–water partition coefficient (Wildman–Crippen LogP) is 2.43. The molecule has 0 N–H and O–H groups in total. The molecule has 1 heteroatoms. The Kier molecular flexibility index (Phi) is 2.46. The summed E-state index contributed by atoms with van der Waals surface area (Å²) in [5, 5.41) is 0. The topological polar surface area (TPSA) is 17.1 Å². The molecule has 2 aliphatic carbocycles. The lowest BCUT2D eigenvalue weighted by molar-refractivity contribution is -0.124. The fourth-order valence-electron chi connectivity index (χ4n) is 2.44. The third-order valence-corrected chi connectivity index (χ3v) is 3.54. The van der Waals surface area contributed by atoms with Crippen molar-refractivity contribution in [2.45, 2.75) is 26.2 Å². The van der Waals surface area contributed by atoms with Crippen LogP contribution in [0.5, 0.6) is 0 Å². The lowest BCUT2D eigenvalue weighted by Crippen LogP contribution is -2.20. The van der Waals surface area contributed by atoms with E-state index in [1.54, 1.807) is 0 Å². The van der Waals surface area contributed by atoms with E-state index in [0.29, 0.717) is 17.6 Å². The Morgan fingerprint density at radius 1 is 1.57 bits per heavy atom. The van der Waals surface area contributed by atoms with Gasteiger partial charge in [-0.05, 0) is 18.8 Å². The largest absolute Gasteiger partial charge is 0.299 e. The number of hydrogen-bond acceptors (Lipinski definition) is 1. The Labute approximate surface area is 85.6 Å². The molecule has 0 radical (unpaired) electrons. The molecular weight excluding hydrogens is 172 g/mol. The lowest BCUT2D eigenvalue weighted by Gasteiger charge is -2.12. The Hall–Kier alpha value is -1.03. The Balaban J connectivity index is 1.97. The smallest absolute Gasteiger partial charge is 0.141 e. The van der Waals surface area contributed by atoms with Gasteiger partial charge in [0.2, 0.25) is 0 Å². The van der Waals surface area contributed by atoms with Crippen LogP contribution in [0.2, 0.25) is 0 Å². The molecule has 1 fully saturated rings. The van der Waals surface area contributed by atoms with Gasteiger partial charge in [-0.15, -0.1) is 6.42 Å². The quantitative estimate of drug-likeness (QED) is 0.491. The number of Topliss-reactive ketones (excluding diaryl/α,β-unsaturated/α-hetero) is 1. The number of carbonyl (C=O) groups excluding carboxylic acids is 1. The van der Waals surface area contributed by atoms with E-state index >= 15 is 0 Å². The minimum Gasteiger partial charge on any atom is -0.299 e. The molecule has 0 aromatic rings. The van der Waals surface area contributed by atoms with Crippen molar-refractivity contribution in [3.05, 3.63) is 12.2 Å².